The second-order valence-electron chi connectivity index (χ2n) is 7.14. The SMILES string of the molecule is COC(=O)CC1CCN(C(=O)Cc2ccc(-c3ccc(C(=N)N)cc3)cc2)C1. The second-order valence-corrected chi connectivity index (χ2v) is 7.14. The van der Waals surface area contributed by atoms with Crippen LogP contribution in [0.3, 0.4) is 0 Å². The summed E-state index contributed by atoms with van der Waals surface area (Å²) in [6.45, 7) is 1.32. The van der Waals surface area contributed by atoms with Crippen LogP contribution in [0.1, 0.15) is 24.0 Å². The number of likely N-dealkylation sites (tertiary alicyclic amines) is 1. The molecular formula is C22H25N3O3. The molecule has 3 N–H and O–H groups in total. The van der Waals surface area contributed by atoms with Gasteiger partial charge in [-0.15, -0.1) is 0 Å². The monoisotopic (exact) mass is 379 g/mol. The van der Waals surface area contributed by atoms with Gasteiger partial charge in [-0.2, -0.15) is 0 Å². The van der Waals surface area contributed by atoms with Gasteiger partial charge in [0, 0.05) is 18.7 Å². The molecule has 0 spiro atoms. The Morgan fingerprint density at radius 3 is 2.29 bits per heavy atom. The summed E-state index contributed by atoms with van der Waals surface area (Å²) in [6, 6.07) is 15.4. The van der Waals surface area contributed by atoms with Crippen LogP contribution in [-0.4, -0.2) is 42.8 Å². The Morgan fingerprint density at radius 2 is 1.71 bits per heavy atom. The molecule has 2 aromatic carbocycles. The van der Waals surface area contributed by atoms with Crippen LogP contribution in [0.5, 0.6) is 0 Å². The summed E-state index contributed by atoms with van der Waals surface area (Å²) >= 11 is 0. The molecule has 3 rings (SSSR count). The second kappa shape index (κ2) is 8.69. The number of carbonyl (C=O) groups is 2. The third-order valence-electron chi connectivity index (χ3n) is 5.16. The molecule has 6 heteroatoms. The lowest BCUT2D eigenvalue weighted by Crippen LogP contribution is -2.30. The van der Waals surface area contributed by atoms with Gasteiger partial charge in [0.25, 0.3) is 0 Å². The third kappa shape index (κ3) is 4.76. The van der Waals surface area contributed by atoms with Crippen LogP contribution >= 0.6 is 0 Å². The topological polar surface area (TPSA) is 96.5 Å². The fourth-order valence-corrected chi connectivity index (χ4v) is 3.49. The van der Waals surface area contributed by atoms with Crippen LogP contribution in [0.25, 0.3) is 11.1 Å². The van der Waals surface area contributed by atoms with Crippen molar-refractivity contribution in [1.29, 1.82) is 5.41 Å². The molecule has 1 atom stereocenters. The summed E-state index contributed by atoms with van der Waals surface area (Å²) in [6.07, 6.45) is 1.57. The van der Waals surface area contributed by atoms with Crippen LogP contribution in [0.2, 0.25) is 0 Å². The first-order valence-corrected chi connectivity index (χ1v) is 9.34. The minimum Gasteiger partial charge on any atom is -0.469 e. The number of nitrogens with zero attached hydrogens (tertiary/aromatic N) is 1. The molecule has 0 radical (unpaired) electrons. The zero-order valence-corrected chi connectivity index (χ0v) is 16.0. The van der Waals surface area contributed by atoms with E-state index in [1.165, 1.54) is 7.11 Å². The molecule has 1 amide bonds. The van der Waals surface area contributed by atoms with Crippen LogP contribution < -0.4 is 5.73 Å². The molecule has 1 aliphatic rings. The minimum absolute atomic E-state index is 0.0520. The maximum Gasteiger partial charge on any atom is 0.305 e. The van der Waals surface area contributed by atoms with Crippen LogP contribution in [0.4, 0.5) is 0 Å². The Balaban J connectivity index is 1.57. The average Bonchev–Trinajstić information content (AvgIpc) is 3.17. The molecule has 6 nitrogen and oxygen atoms in total. The fraction of sp³-hybridized carbons (Fsp3) is 0.318. The molecule has 28 heavy (non-hydrogen) atoms. The number of carbonyl (C=O) groups excluding carboxylic acids is 2. The molecule has 1 fully saturated rings. The summed E-state index contributed by atoms with van der Waals surface area (Å²) in [5.74, 6) is 0.116. The molecule has 1 aliphatic heterocycles. The van der Waals surface area contributed by atoms with Gasteiger partial charge >= 0.3 is 5.97 Å². The number of amidine groups is 1. The highest BCUT2D eigenvalue weighted by atomic mass is 16.5. The van der Waals surface area contributed by atoms with E-state index in [1.807, 2.05) is 53.4 Å². The van der Waals surface area contributed by atoms with Crippen molar-refractivity contribution in [2.45, 2.75) is 19.3 Å². The molecule has 0 bridgehead atoms. The van der Waals surface area contributed by atoms with Gasteiger partial charge in [-0.25, -0.2) is 0 Å². The van der Waals surface area contributed by atoms with Crippen molar-refractivity contribution >= 4 is 17.7 Å². The zero-order valence-electron chi connectivity index (χ0n) is 16.0. The summed E-state index contributed by atoms with van der Waals surface area (Å²) < 4.78 is 4.71. The highest BCUT2D eigenvalue weighted by Gasteiger charge is 2.27. The van der Waals surface area contributed by atoms with E-state index in [9.17, 15) is 9.59 Å². The molecule has 0 aromatic heterocycles. The lowest BCUT2D eigenvalue weighted by Gasteiger charge is -2.16. The smallest absolute Gasteiger partial charge is 0.305 e. The maximum atomic E-state index is 12.5. The number of rotatable bonds is 6. The maximum absolute atomic E-state index is 12.5. The number of hydrogen-bond donors (Lipinski definition) is 2. The van der Waals surface area contributed by atoms with Gasteiger partial charge in [-0.1, -0.05) is 48.5 Å². The van der Waals surface area contributed by atoms with Gasteiger partial charge < -0.3 is 15.4 Å². The van der Waals surface area contributed by atoms with Gasteiger partial charge in [-0.05, 0) is 29.0 Å². The lowest BCUT2D eigenvalue weighted by atomic mass is 10.0. The van der Waals surface area contributed by atoms with Crippen molar-refractivity contribution in [3.8, 4) is 11.1 Å². The average molecular weight is 379 g/mol. The summed E-state index contributed by atoms with van der Waals surface area (Å²) in [5.41, 5.74) is 9.23. The van der Waals surface area contributed by atoms with Crippen molar-refractivity contribution in [2.24, 2.45) is 11.7 Å². The number of methoxy groups -OCH3 is 1. The van der Waals surface area contributed by atoms with Crippen molar-refractivity contribution in [2.75, 3.05) is 20.2 Å². The molecular weight excluding hydrogens is 354 g/mol. The molecule has 1 saturated heterocycles. The van der Waals surface area contributed by atoms with Crippen LogP contribution in [0, 0.1) is 11.3 Å². The predicted octanol–water partition coefficient (Wildman–Crippen LogP) is 2.59. The molecule has 0 aliphatic carbocycles. The Bertz CT molecular complexity index is 860. The van der Waals surface area contributed by atoms with E-state index in [-0.39, 0.29) is 23.6 Å². The summed E-state index contributed by atoms with van der Waals surface area (Å²) in [7, 11) is 1.39. The number of esters is 1. The highest BCUT2D eigenvalue weighted by Crippen LogP contribution is 2.23. The fourth-order valence-electron chi connectivity index (χ4n) is 3.49. The summed E-state index contributed by atoms with van der Waals surface area (Å²) in [5, 5.41) is 7.45. The molecule has 1 heterocycles. The Labute approximate surface area is 164 Å². The van der Waals surface area contributed by atoms with Crippen LogP contribution in [-0.2, 0) is 20.7 Å². The summed E-state index contributed by atoms with van der Waals surface area (Å²) in [4.78, 5) is 25.8. The molecule has 0 saturated carbocycles. The third-order valence-corrected chi connectivity index (χ3v) is 5.16. The number of benzene rings is 2. The lowest BCUT2D eigenvalue weighted by molar-refractivity contribution is -0.142. The van der Waals surface area contributed by atoms with Crippen molar-refractivity contribution in [3.05, 3.63) is 59.7 Å². The van der Waals surface area contributed by atoms with E-state index in [0.717, 1.165) is 23.1 Å². The predicted molar refractivity (Wildman–Crippen MR) is 108 cm³/mol. The van der Waals surface area contributed by atoms with Gasteiger partial charge in [0.15, 0.2) is 0 Å². The molecule has 146 valence electrons. The Hall–Kier alpha value is -3.15. The zero-order chi connectivity index (χ0) is 20.1. The van der Waals surface area contributed by atoms with E-state index in [1.54, 1.807) is 0 Å². The number of nitrogens with one attached hydrogen (secondary N) is 1. The first kappa shape index (κ1) is 19.6. The van der Waals surface area contributed by atoms with E-state index >= 15 is 0 Å². The Morgan fingerprint density at radius 1 is 1.11 bits per heavy atom. The Kier molecular flexibility index (Phi) is 6.09. The highest BCUT2D eigenvalue weighted by molar-refractivity contribution is 5.95. The van der Waals surface area contributed by atoms with E-state index in [4.69, 9.17) is 15.9 Å². The van der Waals surface area contributed by atoms with Crippen molar-refractivity contribution < 1.29 is 14.3 Å². The quantitative estimate of drug-likeness (QED) is 0.458. The number of nitrogen functional groups attached to an aromatic ring is 1. The van der Waals surface area contributed by atoms with Crippen LogP contribution in [0.15, 0.2) is 48.5 Å². The van der Waals surface area contributed by atoms with E-state index < -0.39 is 0 Å². The number of hydrogen-bond acceptors (Lipinski definition) is 4. The number of nitrogens with two attached hydrogens (primary N) is 1. The van der Waals surface area contributed by atoms with Gasteiger partial charge in [-0.3, -0.25) is 15.0 Å². The first-order valence-electron chi connectivity index (χ1n) is 9.34. The standard InChI is InChI=1S/C22H25N3O3/c1-28-21(27)13-16-10-11-25(14-16)20(26)12-15-2-4-17(5-3-15)18-6-8-19(9-7-18)22(23)24/h2-9,16H,10-14H2,1H3,(H3,23,24). The van der Waals surface area contributed by atoms with Gasteiger partial charge in [0.1, 0.15) is 5.84 Å². The van der Waals surface area contributed by atoms with E-state index in [2.05, 4.69) is 0 Å². The largest absolute Gasteiger partial charge is 0.469 e. The first-order chi connectivity index (χ1) is 13.5. The number of amides is 1. The van der Waals surface area contributed by atoms with E-state index in [0.29, 0.717) is 31.5 Å². The van der Waals surface area contributed by atoms with Gasteiger partial charge in [0.2, 0.25) is 5.91 Å². The minimum atomic E-state index is -0.216. The van der Waals surface area contributed by atoms with Crippen molar-refractivity contribution in [1.82, 2.24) is 4.90 Å². The molecule has 1 unspecified atom stereocenters. The number of ether oxygens (including phenoxy) is 1. The molecule has 2 aromatic rings. The van der Waals surface area contributed by atoms with Gasteiger partial charge in [0.05, 0.1) is 20.0 Å². The normalized spacial score (nSPS) is 16.0. The van der Waals surface area contributed by atoms with Crippen molar-refractivity contribution in [3.63, 3.8) is 0 Å².